The van der Waals surface area contributed by atoms with Gasteiger partial charge in [0.1, 0.15) is 5.60 Å². The van der Waals surface area contributed by atoms with Gasteiger partial charge < -0.3 is 14.4 Å². The SMILES string of the molecule is CCOC(=O)C1(Cc2ccc(C#N)cc2)CCN(C(=O)OC(C)(C)C)CC1. The Morgan fingerprint density at radius 1 is 1.19 bits per heavy atom. The van der Waals surface area contributed by atoms with E-state index in [0.29, 0.717) is 44.5 Å². The van der Waals surface area contributed by atoms with E-state index in [1.807, 2.05) is 32.9 Å². The maximum absolute atomic E-state index is 12.7. The van der Waals surface area contributed by atoms with E-state index in [1.54, 1.807) is 24.0 Å². The fraction of sp³-hybridized carbons (Fsp3) is 0.571. The third-order valence-corrected chi connectivity index (χ3v) is 4.71. The van der Waals surface area contributed by atoms with Crippen LogP contribution in [-0.4, -0.2) is 42.3 Å². The van der Waals surface area contributed by atoms with Crippen LogP contribution in [0.2, 0.25) is 0 Å². The Labute approximate surface area is 161 Å². The zero-order chi connectivity index (χ0) is 20.1. The van der Waals surface area contributed by atoms with E-state index in [0.717, 1.165) is 5.56 Å². The molecule has 27 heavy (non-hydrogen) atoms. The highest BCUT2D eigenvalue weighted by Crippen LogP contribution is 2.37. The summed E-state index contributed by atoms with van der Waals surface area (Å²) in [6.45, 7) is 8.52. The predicted molar refractivity (Wildman–Crippen MR) is 101 cm³/mol. The van der Waals surface area contributed by atoms with E-state index < -0.39 is 11.0 Å². The van der Waals surface area contributed by atoms with Gasteiger partial charge in [-0.1, -0.05) is 12.1 Å². The minimum absolute atomic E-state index is 0.224. The summed E-state index contributed by atoms with van der Waals surface area (Å²) in [6, 6.07) is 9.36. The Kier molecular flexibility index (Phi) is 6.48. The Morgan fingerprint density at radius 3 is 2.26 bits per heavy atom. The van der Waals surface area contributed by atoms with Crippen molar-refractivity contribution in [2.75, 3.05) is 19.7 Å². The number of benzene rings is 1. The van der Waals surface area contributed by atoms with E-state index in [1.165, 1.54) is 0 Å². The fourth-order valence-corrected chi connectivity index (χ4v) is 3.27. The molecule has 0 aliphatic carbocycles. The van der Waals surface area contributed by atoms with Crippen molar-refractivity contribution < 1.29 is 19.1 Å². The number of ether oxygens (including phenoxy) is 2. The van der Waals surface area contributed by atoms with E-state index in [4.69, 9.17) is 14.7 Å². The normalized spacial score (nSPS) is 16.3. The zero-order valence-corrected chi connectivity index (χ0v) is 16.6. The number of hydrogen-bond donors (Lipinski definition) is 0. The molecule has 6 nitrogen and oxygen atoms in total. The first kappa shape index (κ1) is 20.8. The summed E-state index contributed by atoms with van der Waals surface area (Å²) in [5.74, 6) is -0.224. The number of carbonyl (C=O) groups is 2. The molecule has 146 valence electrons. The minimum atomic E-state index is -0.664. The highest BCUT2D eigenvalue weighted by molar-refractivity contribution is 5.78. The number of piperidine rings is 1. The molecule has 0 atom stereocenters. The summed E-state index contributed by atoms with van der Waals surface area (Å²) < 4.78 is 10.8. The molecule has 1 aromatic carbocycles. The molecule has 1 aromatic rings. The van der Waals surface area contributed by atoms with Crippen LogP contribution in [0.15, 0.2) is 24.3 Å². The van der Waals surface area contributed by atoms with Gasteiger partial charge in [0, 0.05) is 13.1 Å². The highest BCUT2D eigenvalue weighted by atomic mass is 16.6. The maximum Gasteiger partial charge on any atom is 0.410 e. The highest BCUT2D eigenvalue weighted by Gasteiger charge is 2.44. The van der Waals surface area contributed by atoms with Crippen molar-refractivity contribution in [3.63, 3.8) is 0 Å². The Hall–Kier alpha value is -2.55. The molecule has 1 amide bonds. The fourth-order valence-electron chi connectivity index (χ4n) is 3.27. The summed E-state index contributed by atoms with van der Waals surface area (Å²) >= 11 is 0. The number of esters is 1. The van der Waals surface area contributed by atoms with Crippen LogP contribution in [0.3, 0.4) is 0 Å². The Bertz CT molecular complexity index is 705. The summed E-state index contributed by atoms with van der Waals surface area (Å²) in [7, 11) is 0. The number of rotatable bonds is 4. The summed E-state index contributed by atoms with van der Waals surface area (Å²) in [5, 5.41) is 8.95. The quantitative estimate of drug-likeness (QED) is 0.753. The number of amides is 1. The van der Waals surface area contributed by atoms with Crippen LogP contribution >= 0.6 is 0 Å². The van der Waals surface area contributed by atoms with Crippen LogP contribution < -0.4 is 0 Å². The van der Waals surface area contributed by atoms with Crippen LogP contribution in [0.5, 0.6) is 0 Å². The van der Waals surface area contributed by atoms with Gasteiger partial charge in [-0.15, -0.1) is 0 Å². The van der Waals surface area contributed by atoms with Gasteiger partial charge in [-0.05, 0) is 64.7 Å². The largest absolute Gasteiger partial charge is 0.466 e. The number of carbonyl (C=O) groups excluding carboxylic acids is 2. The molecule has 2 rings (SSSR count). The second-order valence-electron chi connectivity index (χ2n) is 7.95. The van der Waals surface area contributed by atoms with E-state index in [2.05, 4.69) is 6.07 Å². The lowest BCUT2D eigenvalue weighted by molar-refractivity contribution is -0.158. The lowest BCUT2D eigenvalue weighted by Gasteiger charge is -2.40. The lowest BCUT2D eigenvalue weighted by Crippen LogP contribution is -2.49. The maximum atomic E-state index is 12.7. The molecule has 1 aliphatic heterocycles. The van der Waals surface area contributed by atoms with Crippen molar-refractivity contribution in [1.82, 2.24) is 4.90 Å². The minimum Gasteiger partial charge on any atom is -0.466 e. The number of nitriles is 1. The van der Waals surface area contributed by atoms with Gasteiger partial charge in [0.25, 0.3) is 0 Å². The second kappa shape index (κ2) is 8.43. The standard InChI is InChI=1S/C21H28N2O4/c1-5-26-18(24)21(14-16-6-8-17(15-22)9-7-16)10-12-23(13-11-21)19(25)27-20(2,3)4/h6-9H,5,10-14H2,1-4H3. The monoisotopic (exact) mass is 372 g/mol. The average Bonchev–Trinajstić information content (AvgIpc) is 2.61. The van der Waals surface area contributed by atoms with Crippen LogP contribution in [-0.2, 0) is 20.7 Å². The molecule has 0 radical (unpaired) electrons. The number of hydrogen-bond acceptors (Lipinski definition) is 5. The molecule has 0 unspecified atom stereocenters. The summed E-state index contributed by atoms with van der Waals surface area (Å²) in [5.41, 5.74) is 0.356. The summed E-state index contributed by atoms with van der Waals surface area (Å²) in [4.78, 5) is 26.7. The van der Waals surface area contributed by atoms with Gasteiger partial charge >= 0.3 is 12.1 Å². The molecular weight excluding hydrogens is 344 g/mol. The molecule has 0 saturated carbocycles. The third-order valence-electron chi connectivity index (χ3n) is 4.71. The van der Waals surface area contributed by atoms with Crippen molar-refractivity contribution >= 4 is 12.1 Å². The van der Waals surface area contributed by atoms with Gasteiger partial charge in [-0.2, -0.15) is 5.26 Å². The summed E-state index contributed by atoms with van der Waals surface area (Å²) in [6.07, 6.45) is 1.22. The molecular formula is C21H28N2O4. The van der Waals surface area contributed by atoms with Crippen molar-refractivity contribution in [2.45, 2.75) is 52.6 Å². The molecule has 1 fully saturated rings. The molecule has 0 bridgehead atoms. The average molecular weight is 372 g/mol. The first-order valence-electron chi connectivity index (χ1n) is 9.33. The molecule has 0 N–H and O–H groups in total. The molecule has 1 heterocycles. The Morgan fingerprint density at radius 2 is 1.78 bits per heavy atom. The molecule has 1 aliphatic rings. The predicted octanol–water partition coefficient (Wildman–Crippen LogP) is 3.68. The second-order valence-corrected chi connectivity index (χ2v) is 7.95. The van der Waals surface area contributed by atoms with Crippen LogP contribution in [0, 0.1) is 16.7 Å². The number of nitrogens with zero attached hydrogens (tertiary/aromatic N) is 2. The van der Waals surface area contributed by atoms with Crippen LogP contribution in [0.4, 0.5) is 4.79 Å². The number of likely N-dealkylation sites (tertiary alicyclic amines) is 1. The lowest BCUT2D eigenvalue weighted by atomic mass is 9.73. The third kappa shape index (κ3) is 5.46. The van der Waals surface area contributed by atoms with Crippen molar-refractivity contribution in [3.8, 4) is 6.07 Å². The van der Waals surface area contributed by atoms with Crippen molar-refractivity contribution in [2.24, 2.45) is 5.41 Å². The van der Waals surface area contributed by atoms with E-state index >= 15 is 0 Å². The first-order chi connectivity index (χ1) is 12.7. The van der Waals surface area contributed by atoms with E-state index in [-0.39, 0.29) is 12.1 Å². The van der Waals surface area contributed by atoms with Gasteiger partial charge in [-0.25, -0.2) is 4.79 Å². The van der Waals surface area contributed by atoms with Crippen molar-refractivity contribution in [1.29, 1.82) is 5.26 Å². The van der Waals surface area contributed by atoms with E-state index in [9.17, 15) is 9.59 Å². The molecule has 1 saturated heterocycles. The zero-order valence-electron chi connectivity index (χ0n) is 16.6. The molecule has 6 heteroatoms. The molecule has 0 aromatic heterocycles. The molecule has 0 spiro atoms. The Balaban J connectivity index is 2.13. The topological polar surface area (TPSA) is 79.6 Å². The van der Waals surface area contributed by atoms with Gasteiger partial charge in [0.05, 0.1) is 23.7 Å². The smallest absolute Gasteiger partial charge is 0.410 e. The van der Waals surface area contributed by atoms with Gasteiger partial charge in [0.15, 0.2) is 0 Å². The van der Waals surface area contributed by atoms with Crippen molar-refractivity contribution in [3.05, 3.63) is 35.4 Å². The first-order valence-corrected chi connectivity index (χ1v) is 9.33. The van der Waals surface area contributed by atoms with Gasteiger partial charge in [-0.3, -0.25) is 4.79 Å². The van der Waals surface area contributed by atoms with Gasteiger partial charge in [0.2, 0.25) is 0 Å². The van der Waals surface area contributed by atoms with Crippen LogP contribution in [0.1, 0.15) is 51.7 Å². The van der Waals surface area contributed by atoms with Crippen LogP contribution in [0.25, 0.3) is 0 Å².